The summed E-state index contributed by atoms with van der Waals surface area (Å²) in [5.74, 6) is 2.94. The highest BCUT2D eigenvalue weighted by molar-refractivity contribution is 4.88. The van der Waals surface area contributed by atoms with Gasteiger partial charge in [0.1, 0.15) is 0 Å². The van der Waals surface area contributed by atoms with E-state index in [0.29, 0.717) is 6.04 Å². The number of fused-ring (bicyclic) bond motifs is 1. The Bertz CT molecular complexity index is 243. The van der Waals surface area contributed by atoms with E-state index in [1.54, 1.807) is 0 Å². The summed E-state index contributed by atoms with van der Waals surface area (Å²) in [5, 5.41) is 3.68. The van der Waals surface area contributed by atoms with E-state index >= 15 is 0 Å². The van der Waals surface area contributed by atoms with Gasteiger partial charge in [0.2, 0.25) is 0 Å². The van der Waals surface area contributed by atoms with Crippen LogP contribution in [0.15, 0.2) is 0 Å². The van der Waals surface area contributed by atoms with Gasteiger partial charge in [-0.3, -0.25) is 0 Å². The molecule has 2 aliphatic rings. The van der Waals surface area contributed by atoms with Gasteiger partial charge in [-0.2, -0.15) is 0 Å². The third-order valence-corrected chi connectivity index (χ3v) is 5.26. The Labute approximate surface area is 119 Å². The zero-order valence-electron chi connectivity index (χ0n) is 13.0. The van der Waals surface area contributed by atoms with Crippen molar-refractivity contribution in [2.75, 3.05) is 19.8 Å². The van der Waals surface area contributed by atoms with Crippen molar-refractivity contribution in [2.24, 2.45) is 17.8 Å². The van der Waals surface area contributed by atoms with Gasteiger partial charge < -0.3 is 10.1 Å². The Hall–Kier alpha value is -0.0800. The summed E-state index contributed by atoms with van der Waals surface area (Å²) >= 11 is 0. The van der Waals surface area contributed by atoms with Gasteiger partial charge in [-0.1, -0.05) is 39.5 Å². The van der Waals surface area contributed by atoms with Gasteiger partial charge in [-0.25, -0.2) is 0 Å². The number of likely N-dealkylation sites (N-methyl/N-ethyl adjacent to an activating group) is 1. The molecule has 0 aromatic carbocycles. The van der Waals surface area contributed by atoms with Crippen LogP contribution < -0.4 is 5.32 Å². The van der Waals surface area contributed by atoms with E-state index in [4.69, 9.17) is 4.74 Å². The van der Waals surface area contributed by atoms with Crippen molar-refractivity contribution in [1.29, 1.82) is 0 Å². The smallest absolute Gasteiger partial charge is 0.0622 e. The quantitative estimate of drug-likeness (QED) is 0.704. The van der Waals surface area contributed by atoms with Crippen LogP contribution in [0.5, 0.6) is 0 Å². The molecule has 2 rings (SSSR count). The lowest BCUT2D eigenvalue weighted by atomic mass is 9.66. The van der Waals surface area contributed by atoms with Crippen LogP contribution in [-0.2, 0) is 4.74 Å². The van der Waals surface area contributed by atoms with Crippen molar-refractivity contribution in [3.63, 3.8) is 0 Å². The van der Waals surface area contributed by atoms with E-state index in [9.17, 15) is 0 Å². The van der Waals surface area contributed by atoms with Crippen molar-refractivity contribution >= 4 is 0 Å². The van der Waals surface area contributed by atoms with Crippen LogP contribution in [-0.4, -0.2) is 25.8 Å². The molecule has 4 unspecified atom stereocenters. The zero-order chi connectivity index (χ0) is 13.5. The fourth-order valence-electron chi connectivity index (χ4n) is 4.25. The Morgan fingerprint density at radius 1 is 1.05 bits per heavy atom. The molecule has 4 atom stereocenters. The summed E-state index contributed by atoms with van der Waals surface area (Å²) < 4.78 is 5.82. The van der Waals surface area contributed by atoms with E-state index in [-0.39, 0.29) is 0 Å². The van der Waals surface area contributed by atoms with Crippen LogP contribution in [0.3, 0.4) is 0 Å². The maximum atomic E-state index is 5.82. The molecule has 112 valence electrons. The van der Waals surface area contributed by atoms with Crippen LogP contribution in [0.4, 0.5) is 0 Å². The van der Waals surface area contributed by atoms with Crippen molar-refractivity contribution < 1.29 is 4.74 Å². The minimum atomic E-state index is 0.597. The summed E-state index contributed by atoms with van der Waals surface area (Å²) in [4.78, 5) is 0. The maximum absolute atomic E-state index is 5.82. The van der Waals surface area contributed by atoms with Crippen molar-refractivity contribution in [1.82, 2.24) is 5.32 Å². The number of nitrogens with one attached hydrogen (secondary N) is 1. The van der Waals surface area contributed by atoms with E-state index in [0.717, 1.165) is 43.9 Å². The Morgan fingerprint density at radius 3 is 2.58 bits per heavy atom. The first-order valence-corrected chi connectivity index (χ1v) is 8.66. The second-order valence-electron chi connectivity index (χ2n) is 6.62. The molecule has 1 N–H and O–H groups in total. The lowest BCUT2D eigenvalue weighted by molar-refractivity contribution is 0.0564. The minimum Gasteiger partial charge on any atom is -0.380 e. The van der Waals surface area contributed by atoms with E-state index in [1.165, 1.54) is 44.9 Å². The third kappa shape index (κ3) is 4.46. The molecule has 2 aliphatic carbocycles. The van der Waals surface area contributed by atoms with Gasteiger partial charge >= 0.3 is 0 Å². The molecule has 0 aromatic rings. The molecule has 19 heavy (non-hydrogen) atoms. The molecule has 0 saturated heterocycles. The van der Waals surface area contributed by atoms with Crippen molar-refractivity contribution in [3.8, 4) is 0 Å². The third-order valence-electron chi connectivity index (χ3n) is 5.26. The van der Waals surface area contributed by atoms with E-state index in [2.05, 4.69) is 19.2 Å². The number of hydrogen-bond acceptors (Lipinski definition) is 2. The molecule has 2 heteroatoms. The largest absolute Gasteiger partial charge is 0.380 e. The second kappa shape index (κ2) is 8.26. The summed E-state index contributed by atoms with van der Waals surface area (Å²) in [5.41, 5.74) is 0. The normalized spacial score (nSPS) is 32.8. The predicted molar refractivity (Wildman–Crippen MR) is 81.4 cm³/mol. The highest BCUT2D eigenvalue weighted by Crippen LogP contribution is 2.43. The summed E-state index contributed by atoms with van der Waals surface area (Å²) in [7, 11) is 0. The molecule has 0 spiro atoms. The Balaban J connectivity index is 1.82. The van der Waals surface area contributed by atoms with Gasteiger partial charge in [0.25, 0.3) is 0 Å². The lowest BCUT2D eigenvalue weighted by Gasteiger charge is -2.42. The predicted octanol–water partition coefficient (Wildman–Crippen LogP) is 4.00. The van der Waals surface area contributed by atoms with E-state index < -0.39 is 0 Å². The average Bonchev–Trinajstić information content (AvgIpc) is 2.46. The second-order valence-corrected chi connectivity index (χ2v) is 6.62. The number of ether oxygens (including phenoxy) is 1. The summed E-state index contributed by atoms with van der Waals surface area (Å²) in [6.45, 7) is 7.32. The Kier molecular flexibility index (Phi) is 6.66. The number of rotatable bonds is 7. The first kappa shape index (κ1) is 15.3. The van der Waals surface area contributed by atoms with Crippen LogP contribution in [0.2, 0.25) is 0 Å². The lowest BCUT2D eigenvalue weighted by Crippen LogP contribution is -2.43. The summed E-state index contributed by atoms with van der Waals surface area (Å²) in [6, 6.07) is 0.597. The van der Waals surface area contributed by atoms with Gasteiger partial charge in [0.05, 0.1) is 6.61 Å². The zero-order valence-corrected chi connectivity index (χ0v) is 13.0. The fraction of sp³-hybridized carbons (Fsp3) is 1.00. The van der Waals surface area contributed by atoms with Crippen molar-refractivity contribution in [2.45, 2.75) is 71.3 Å². The molecule has 0 amide bonds. The molecule has 2 fully saturated rings. The first-order chi connectivity index (χ1) is 9.35. The maximum Gasteiger partial charge on any atom is 0.0622 e. The SMILES string of the molecule is CCCOCC(NCC)C1CCC2CCCCC2C1. The molecule has 0 radical (unpaired) electrons. The minimum absolute atomic E-state index is 0.597. The van der Waals surface area contributed by atoms with Crippen molar-refractivity contribution in [3.05, 3.63) is 0 Å². The van der Waals surface area contributed by atoms with Gasteiger partial charge in [-0.05, 0) is 50.0 Å². The average molecular weight is 267 g/mol. The molecular formula is C17H33NO. The molecule has 0 aliphatic heterocycles. The standard InChI is InChI=1S/C17H33NO/c1-3-11-19-13-17(18-4-2)16-10-9-14-7-5-6-8-15(14)12-16/h14-18H,3-13H2,1-2H3. The number of hydrogen-bond donors (Lipinski definition) is 1. The van der Waals surface area contributed by atoms with Gasteiger partial charge in [-0.15, -0.1) is 0 Å². The van der Waals surface area contributed by atoms with Gasteiger partial charge in [0, 0.05) is 12.6 Å². The summed E-state index contributed by atoms with van der Waals surface area (Å²) in [6.07, 6.45) is 11.5. The highest BCUT2D eigenvalue weighted by atomic mass is 16.5. The molecule has 0 aromatic heterocycles. The molecule has 0 bridgehead atoms. The van der Waals surface area contributed by atoms with Crippen LogP contribution >= 0.6 is 0 Å². The molecule has 2 saturated carbocycles. The molecular weight excluding hydrogens is 234 g/mol. The fourth-order valence-corrected chi connectivity index (χ4v) is 4.25. The topological polar surface area (TPSA) is 21.3 Å². The van der Waals surface area contributed by atoms with Crippen LogP contribution in [0.1, 0.15) is 65.2 Å². The van der Waals surface area contributed by atoms with E-state index in [1.807, 2.05) is 0 Å². The van der Waals surface area contributed by atoms with Crippen LogP contribution in [0, 0.1) is 17.8 Å². The molecule has 2 nitrogen and oxygen atoms in total. The van der Waals surface area contributed by atoms with Gasteiger partial charge in [0.15, 0.2) is 0 Å². The highest BCUT2D eigenvalue weighted by Gasteiger charge is 2.35. The van der Waals surface area contributed by atoms with Crippen LogP contribution in [0.25, 0.3) is 0 Å². The monoisotopic (exact) mass is 267 g/mol. The Morgan fingerprint density at radius 2 is 1.84 bits per heavy atom. The molecule has 0 heterocycles. The first-order valence-electron chi connectivity index (χ1n) is 8.66.